The van der Waals surface area contributed by atoms with Crippen LogP contribution in [0, 0.1) is 0 Å². The first-order valence-electron chi connectivity index (χ1n) is 2.26. The second-order valence-electron chi connectivity index (χ2n) is 1.02. The minimum Gasteiger partial charge on any atom is -0.505 e. The van der Waals surface area contributed by atoms with Crippen LogP contribution < -0.4 is 0 Å². The predicted molar refractivity (Wildman–Crippen MR) is 23.7 cm³/mol. The summed E-state index contributed by atoms with van der Waals surface area (Å²) in [5.41, 5.74) is 0. The molecule has 1 aromatic rings. The summed E-state index contributed by atoms with van der Waals surface area (Å²) >= 11 is 0. The standard InChI is InChI=1S/C4H4N2O/c7-4-1-5-3-6-2-4/h1-3,7H/i1D. The van der Waals surface area contributed by atoms with Crippen molar-refractivity contribution in [2.45, 2.75) is 0 Å². The molecule has 1 rings (SSSR count). The third kappa shape index (κ3) is 0.855. The molecule has 0 bridgehead atoms. The topological polar surface area (TPSA) is 46.0 Å². The first-order chi connectivity index (χ1) is 3.80. The summed E-state index contributed by atoms with van der Waals surface area (Å²) in [5.74, 6) is -0.187. The molecule has 0 amide bonds. The van der Waals surface area contributed by atoms with Gasteiger partial charge in [0.25, 0.3) is 0 Å². The summed E-state index contributed by atoms with van der Waals surface area (Å²) in [6.45, 7) is 0. The lowest BCUT2D eigenvalue weighted by atomic mass is 10.6. The molecular weight excluding hydrogens is 92.1 g/mol. The Bertz CT molecular complexity index is 170. The third-order valence-corrected chi connectivity index (χ3v) is 0.500. The lowest BCUT2D eigenvalue weighted by Crippen LogP contribution is -1.70. The molecular formula is C4H4N2O. The zero-order valence-corrected chi connectivity index (χ0v) is 3.50. The Morgan fingerprint density at radius 1 is 1.71 bits per heavy atom. The van der Waals surface area contributed by atoms with Crippen LogP contribution in [0.3, 0.4) is 0 Å². The molecule has 0 spiro atoms. The van der Waals surface area contributed by atoms with Crippen LogP contribution in [0.2, 0.25) is 0 Å². The Morgan fingerprint density at radius 2 is 2.57 bits per heavy atom. The third-order valence-electron chi connectivity index (χ3n) is 0.500. The lowest BCUT2D eigenvalue weighted by molar-refractivity contribution is 0.469. The number of hydrogen-bond acceptors (Lipinski definition) is 3. The van der Waals surface area contributed by atoms with E-state index in [0.717, 1.165) is 0 Å². The molecule has 0 aromatic carbocycles. The van der Waals surface area contributed by atoms with Gasteiger partial charge in [-0.1, -0.05) is 0 Å². The van der Waals surface area contributed by atoms with E-state index in [2.05, 4.69) is 9.97 Å². The van der Waals surface area contributed by atoms with Gasteiger partial charge in [0.15, 0.2) is 5.75 Å². The molecule has 0 aliphatic rings. The first-order valence-corrected chi connectivity index (χ1v) is 1.76. The molecule has 0 saturated heterocycles. The first kappa shape index (κ1) is 2.96. The Kier molecular flexibility index (Phi) is 0.656. The van der Waals surface area contributed by atoms with E-state index in [1.165, 1.54) is 12.5 Å². The van der Waals surface area contributed by atoms with Gasteiger partial charge in [0.2, 0.25) is 0 Å². The zero-order valence-electron chi connectivity index (χ0n) is 4.50. The maximum Gasteiger partial charge on any atom is 0.152 e. The Hall–Kier alpha value is -1.12. The highest BCUT2D eigenvalue weighted by atomic mass is 16.3. The van der Waals surface area contributed by atoms with E-state index in [-0.39, 0.29) is 11.9 Å². The minimum absolute atomic E-state index is 0.139. The average Bonchev–Trinajstić information content (AvgIpc) is 1.77. The fourth-order valence-electron chi connectivity index (χ4n) is 0.261. The summed E-state index contributed by atoms with van der Waals surface area (Å²) in [7, 11) is 0. The summed E-state index contributed by atoms with van der Waals surface area (Å²) in [6, 6.07) is 0. The molecule has 3 nitrogen and oxygen atoms in total. The fraction of sp³-hybridized carbons (Fsp3) is 0. The van der Waals surface area contributed by atoms with E-state index in [1.54, 1.807) is 0 Å². The smallest absolute Gasteiger partial charge is 0.152 e. The number of hydrogen-bond donors (Lipinski definition) is 1. The van der Waals surface area contributed by atoms with Gasteiger partial charge >= 0.3 is 0 Å². The summed E-state index contributed by atoms with van der Waals surface area (Å²) in [4.78, 5) is 6.85. The van der Waals surface area contributed by atoms with Gasteiger partial charge in [0, 0.05) is 0 Å². The van der Waals surface area contributed by atoms with Crippen LogP contribution in [0.15, 0.2) is 18.7 Å². The summed E-state index contributed by atoms with van der Waals surface area (Å²) in [5, 5.41) is 8.61. The van der Waals surface area contributed by atoms with Crippen LogP contribution in [0.5, 0.6) is 5.75 Å². The number of aromatic hydroxyl groups is 1. The molecule has 1 heterocycles. The van der Waals surface area contributed by atoms with E-state index >= 15 is 0 Å². The molecule has 0 aliphatic carbocycles. The predicted octanol–water partition coefficient (Wildman–Crippen LogP) is 0.182. The molecule has 1 aromatic heterocycles. The molecule has 1 N–H and O–H groups in total. The van der Waals surface area contributed by atoms with Crippen LogP contribution in [0.25, 0.3) is 0 Å². The van der Waals surface area contributed by atoms with Gasteiger partial charge in [-0.2, -0.15) is 0 Å². The fourth-order valence-corrected chi connectivity index (χ4v) is 0.261. The van der Waals surface area contributed by atoms with Crippen molar-refractivity contribution in [3.05, 3.63) is 18.7 Å². The van der Waals surface area contributed by atoms with Crippen molar-refractivity contribution in [2.75, 3.05) is 0 Å². The van der Waals surface area contributed by atoms with E-state index < -0.39 is 0 Å². The van der Waals surface area contributed by atoms with Gasteiger partial charge in [0.05, 0.1) is 13.7 Å². The van der Waals surface area contributed by atoms with Crippen molar-refractivity contribution < 1.29 is 6.48 Å². The normalized spacial score (nSPS) is 10.6. The molecule has 0 fully saturated rings. The average molecular weight is 97.1 g/mol. The van der Waals surface area contributed by atoms with E-state index in [1.807, 2.05) is 0 Å². The van der Waals surface area contributed by atoms with Gasteiger partial charge in [-0.15, -0.1) is 0 Å². The SMILES string of the molecule is [2H]c1ncncc1O. The van der Waals surface area contributed by atoms with Crippen molar-refractivity contribution in [1.82, 2.24) is 9.97 Å². The Balaban J connectivity index is 3.13. The number of nitrogens with zero attached hydrogens (tertiary/aromatic N) is 2. The molecule has 0 aliphatic heterocycles. The second-order valence-corrected chi connectivity index (χ2v) is 1.02. The number of aromatic nitrogens is 2. The van der Waals surface area contributed by atoms with Crippen LogP contribution in [0.4, 0.5) is 0 Å². The molecule has 0 saturated carbocycles. The van der Waals surface area contributed by atoms with E-state index in [0.29, 0.717) is 0 Å². The Labute approximate surface area is 42.1 Å². The van der Waals surface area contributed by atoms with Crippen LogP contribution >= 0.6 is 0 Å². The monoisotopic (exact) mass is 97.0 g/mol. The summed E-state index contributed by atoms with van der Waals surface area (Å²) in [6.07, 6.45) is 2.25. The highest BCUT2D eigenvalue weighted by molar-refractivity contribution is 5.06. The maximum atomic E-state index is 8.61. The van der Waals surface area contributed by atoms with Gasteiger partial charge in [-0.3, -0.25) is 0 Å². The van der Waals surface area contributed by atoms with Gasteiger partial charge < -0.3 is 5.11 Å². The van der Waals surface area contributed by atoms with Crippen molar-refractivity contribution in [1.29, 1.82) is 0 Å². The maximum absolute atomic E-state index is 8.61. The van der Waals surface area contributed by atoms with Crippen LogP contribution in [-0.4, -0.2) is 15.1 Å². The molecule has 0 radical (unpaired) electrons. The Morgan fingerprint density at radius 3 is 3.00 bits per heavy atom. The van der Waals surface area contributed by atoms with Crippen LogP contribution in [-0.2, 0) is 0 Å². The van der Waals surface area contributed by atoms with Gasteiger partial charge in [-0.25, -0.2) is 9.97 Å². The molecule has 0 atom stereocenters. The minimum atomic E-state index is -0.187. The van der Waals surface area contributed by atoms with E-state index in [9.17, 15) is 0 Å². The van der Waals surface area contributed by atoms with Crippen molar-refractivity contribution >= 4 is 0 Å². The quantitative estimate of drug-likeness (QED) is 0.502. The van der Waals surface area contributed by atoms with Crippen molar-refractivity contribution in [3.63, 3.8) is 0 Å². The zero-order chi connectivity index (χ0) is 5.98. The number of rotatable bonds is 0. The second kappa shape index (κ2) is 1.55. The largest absolute Gasteiger partial charge is 0.505 e. The van der Waals surface area contributed by atoms with E-state index in [4.69, 9.17) is 6.48 Å². The summed E-state index contributed by atoms with van der Waals surface area (Å²) < 4.78 is 6.82. The molecule has 7 heavy (non-hydrogen) atoms. The molecule has 36 valence electrons. The van der Waals surface area contributed by atoms with Crippen LogP contribution in [0.1, 0.15) is 1.37 Å². The highest BCUT2D eigenvalue weighted by Crippen LogP contribution is 1.96. The molecule has 3 heteroatoms. The molecule has 0 unspecified atom stereocenters. The highest BCUT2D eigenvalue weighted by Gasteiger charge is 1.77. The van der Waals surface area contributed by atoms with Gasteiger partial charge in [-0.05, 0) is 0 Å². The van der Waals surface area contributed by atoms with Crippen molar-refractivity contribution in [3.8, 4) is 5.75 Å². The van der Waals surface area contributed by atoms with Gasteiger partial charge in [0.1, 0.15) is 6.33 Å². The lowest BCUT2D eigenvalue weighted by Gasteiger charge is -1.81. The van der Waals surface area contributed by atoms with Crippen molar-refractivity contribution in [2.24, 2.45) is 0 Å².